The lowest BCUT2D eigenvalue weighted by Gasteiger charge is -2.04. The van der Waals surface area contributed by atoms with Gasteiger partial charge in [0.15, 0.2) is 5.82 Å². The van der Waals surface area contributed by atoms with E-state index in [-0.39, 0.29) is 0 Å². The SMILES string of the molecule is N#Cc1cccnc1-n1ncc2ccc(N)cc21. The van der Waals surface area contributed by atoms with E-state index in [4.69, 9.17) is 11.0 Å². The molecule has 2 N–H and O–H groups in total. The number of nitriles is 1. The van der Waals surface area contributed by atoms with E-state index in [2.05, 4.69) is 16.2 Å². The third-order valence-corrected chi connectivity index (χ3v) is 2.70. The molecule has 1 aromatic carbocycles. The Kier molecular flexibility index (Phi) is 2.21. The Morgan fingerprint density at radius 3 is 3.00 bits per heavy atom. The molecule has 0 saturated heterocycles. The molecule has 0 aliphatic rings. The molecule has 0 radical (unpaired) electrons. The molecule has 5 nitrogen and oxygen atoms in total. The lowest BCUT2D eigenvalue weighted by molar-refractivity contribution is 0.871. The fourth-order valence-electron chi connectivity index (χ4n) is 1.86. The molecule has 86 valence electrons. The Hall–Kier alpha value is -2.87. The summed E-state index contributed by atoms with van der Waals surface area (Å²) in [5.74, 6) is 0.514. The van der Waals surface area contributed by atoms with Crippen molar-refractivity contribution in [3.8, 4) is 11.9 Å². The van der Waals surface area contributed by atoms with E-state index >= 15 is 0 Å². The van der Waals surface area contributed by atoms with E-state index in [0.717, 1.165) is 10.9 Å². The number of nitrogen functional groups attached to an aromatic ring is 1. The largest absolute Gasteiger partial charge is 0.399 e. The van der Waals surface area contributed by atoms with Gasteiger partial charge in [-0.25, -0.2) is 9.67 Å². The number of nitrogens with two attached hydrogens (primary N) is 1. The van der Waals surface area contributed by atoms with Gasteiger partial charge in [0.25, 0.3) is 0 Å². The summed E-state index contributed by atoms with van der Waals surface area (Å²) in [7, 11) is 0. The minimum Gasteiger partial charge on any atom is -0.399 e. The van der Waals surface area contributed by atoms with Crippen molar-refractivity contribution in [1.82, 2.24) is 14.8 Å². The lowest BCUT2D eigenvalue weighted by atomic mass is 10.2. The highest BCUT2D eigenvalue weighted by atomic mass is 15.3. The van der Waals surface area contributed by atoms with E-state index < -0.39 is 0 Å². The summed E-state index contributed by atoms with van der Waals surface area (Å²) in [5.41, 5.74) is 7.74. The molecule has 0 fully saturated rings. The highest BCUT2D eigenvalue weighted by Gasteiger charge is 2.10. The maximum absolute atomic E-state index is 9.09. The van der Waals surface area contributed by atoms with Crippen LogP contribution in [0.1, 0.15) is 5.56 Å². The zero-order valence-electron chi connectivity index (χ0n) is 9.41. The van der Waals surface area contributed by atoms with Gasteiger partial charge in [-0.05, 0) is 30.3 Å². The summed E-state index contributed by atoms with van der Waals surface area (Å²) in [6.45, 7) is 0. The molecule has 0 aliphatic heterocycles. The van der Waals surface area contributed by atoms with Gasteiger partial charge in [-0.15, -0.1) is 0 Å². The van der Waals surface area contributed by atoms with Crippen LogP contribution in [0.4, 0.5) is 5.69 Å². The first-order valence-electron chi connectivity index (χ1n) is 5.38. The second-order valence-corrected chi connectivity index (χ2v) is 3.86. The second kappa shape index (κ2) is 3.86. The van der Waals surface area contributed by atoms with Crippen LogP contribution in [0.2, 0.25) is 0 Å². The molecule has 0 saturated carbocycles. The van der Waals surface area contributed by atoms with Crippen LogP contribution in [0.3, 0.4) is 0 Å². The highest BCUT2D eigenvalue weighted by molar-refractivity contribution is 5.83. The van der Waals surface area contributed by atoms with E-state index in [1.54, 1.807) is 29.2 Å². The Bertz CT molecular complexity index is 766. The maximum Gasteiger partial charge on any atom is 0.171 e. The van der Waals surface area contributed by atoms with E-state index in [0.29, 0.717) is 17.1 Å². The maximum atomic E-state index is 9.09. The first-order valence-corrected chi connectivity index (χ1v) is 5.38. The molecule has 0 bridgehead atoms. The molecule has 0 spiro atoms. The molecule has 0 amide bonds. The zero-order chi connectivity index (χ0) is 12.5. The summed E-state index contributed by atoms with van der Waals surface area (Å²) >= 11 is 0. The minimum absolute atomic E-state index is 0.477. The van der Waals surface area contributed by atoms with Crippen molar-refractivity contribution in [3.63, 3.8) is 0 Å². The van der Waals surface area contributed by atoms with Crippen LogP contribution in [0, 0.1) is 11.3 Å². The van der Waals surface area contributed by atoms with Gasteiger partial charge in [0, 0.05) is 17.3 Å². The molecular formula is C13H9N5. The van der Waals surface area contributed by atoms with Crippen molar-refractivity contribution in [2.24, 2.45) is 0 Å². The molecule has 2 aromatic heterocycles. The fraction of sp³-hybridized carbons (Fsp3) is 0. The van der Waals surface area contributed by atoms with Crippen LogP contribution >= 0.6 is 0 Å². The van der Waals surface area contributed by atoms with Crippen LogP contribution in [0.5, 0.6) is 0 Å². The minimum atomic E-state index is 0.477. The third kappa shape index (κ3) is 1.48. The smallest absolute Gasteiger partial charge is 0.171 e. The molecule has 18 heavy (non-hydrogen) atoms. The Labute approximate surface area is 103 Å². The first-order chi connectivity index (χ1) is 8.79. The number of hydrogen-bond donors (Lipinski definition) is 1. The van der Waals surface area contributed by atoms with E-state index in [1.807, 2.05) is 18.2 Å². The molecule has 2 heterocycles. The van der Waals surface area contributed by atoms with Crippen LogP contribution in [-0.4, -0.2) is 14.8 Å². The number of pyridine rings is 1. The number of aromatic nitrogens is 3. The van der Waals surface area contributed by atoms with Crippen molar-refractivity contribution in [2.75, 3.05) is 5.73 Å². The number of rotatable bonds is 1. The number of anilines is 1. The third-order valence-electron chi connectivity index (χ3n) is 2.70. The van der Waals surface area contributed by atoms with Gasteiger partial charge in [-0.3, -0.25) is 0 Å². The first kappa shape index (κ1) is 10.3. The normalized spacial score (nSPS) is 10.4. The molecule has 5 heteroatoms. The zero-order valence-corrected chi connectivity index (χ0v) is 9.41. The van der Waals surface area contributed by atoms with E-state index in [9.17, 15) is 0 Å². The van der Waals surface area contributed by atoms with Gasteiger partial charge in [0.05, 0.1) is 17.3 Å². The predicted molar refractivity (Wildman–Crippen MR) is 68.0 cm³/mol. The standard InChI is InChI=1S/C13H9N5/c14-7-9-2-1-5-16-13(9)18-12-6-11(15)4-3-10(12)8-17-18/h1-6,8H,15H2. The van der Waals surface area contributed by atoms with Crippen LogP contribution in [0.25, 0.3) is 16.7 Å². The second-order valence-electron chi connectivity index (χ2n) is 3.86. The fourth-order valence-corrected chi connectivity index (χ4v) is 1.86. The van der Waals surface area contributed by atoms with Crippen molar-refractivity contribution in [3.05, 3.63) is 48.3 Å². The number of nitrogens with zero attached hydrogens (tertiary/aromatic N) is 4. The molecule has 0 atom stereocenters. The summed E-state index contributed by atoms with van der Waals surface area (Å²) in [6.07, 6.45) is 3.36. The Balaban J connectivity index is 2.32. The number of benzene rings is 1. The monoisotopic (exact) mass is 235 g/mol. The summed E-state index contributed by atoms with van der Waals surface area (Å²) < 4.78 is 1.63. The molecule has 3 rings (SSSR count). The molecular weight excluding hydrogens is 226 g/mol. The van der Waals surface area contributed by atoms with Gasteiger partial charge in [-0.1, -0.05) is 0 Å². The van der Waals surface area contributed by atoms with Crippen molar-refractivity contribution >= 4 is 16.6 Å². The number of hydrogen-bond acceptors (Lipinski definition) is 4. The topological polar surface area (TPSA) is 80.5 Å². The lowest BCUT2D eigenvalue weighted by Crippen LogP contribution is -2.02. The summed E-state index contributed by atoms with van der Waals surface area (Å²) in [4.78, 5) is 4.21. The van der Waals surface area contributed by atoms with Crippen molar-refractivity contribution in [2.45, 2.75) is 0 Å². The van der Waals surface area contributed by atoms with E-state index in [1.165, 1.54) is 0 Å². The average molecular weight is 235 g/mol. The van der Waals surface area contributed by atoms with Gasteiger partial charge in [0.2, 0.25) is 0 Å². The van der Waals surface area contributed by atoms with Crippen LogP contribution in [-0.2, 0) is 0 Å². The van der Waals surface area contributed by atoms with Gasteiger partial charge in [-0.2, -0.15) is 10.4 Å². The van der Waals surface area contributed by atoms with Crippen LogP contribution < -0.4 is 5.73 Å². The Morgan fingerprint density at radius 2 is 2.17 bits per heavy atom. The highest BCUT2D eigenvalue weighted by Crippen LogP contribution is 2.21. The summed E-state index contributed by atoms with van der Waals surface area (Å²) in [6, 6.07) is 11.1. The van der Waals surface area contributed by atoms with Crippen LogP contribution in [0.15, 0.2) is 42.7 Å². The van der Waals surface area contributed by atoms with Gasteiger partial charge >= 0.3 is 0 Å². The molecule has 0 unspecified atom stereocenters. The van der Waals surface area contributed by atoms with Gasteiger partial charge in [0.1, 0.15) is 6.07 Å². The predicted octanol–water partition coefficient (Wildman–Crippen LogP) is 1.87. The summed E-state index contributed by atoms with van der Waals surface area (Å²) in [5, 5.41) is 14.3. The number of fused-ring (bicyclic) bond motifs is 1. The Morgan fingerprint density at radius 1 is 1.28 bits per heavy atom. The quantitative estimate of drug-likeness (QED) is 0.653. The van der Waals surface area contributed by atoms with Crippen molar-refractivity contribution < 1.29 is 0 Å². The van der Waals surface area contributed by atoms with Crippen molar-refractivity contribution in [1.29, 1.82) is 5.26 Å². The average Bonchev–Trinajstić information content (AvgIpc) is 2.81. The molecule has 0 aliphatic carbocycles. The molecule has 3 aromatic rings. The van der Waals surface area contributed by atoms with Gasteiger partial charge < -0.3 is 5.73 Å².